The van der Waals surface area contributed by atoms with Crippen molar-refractivity contribution in [3.05, 3.63) is 47.1 Å². The van der Waals surface area contributed by atoms with Gasteiger partial charge in [0.05, 0.1) is 0 Å². The Balaban J connectivity index is 2.95. The number of hydrogen-bond acceptors (Lipinski definition) is 1. The van der Waals surface area contributed by atoms with Crippen LogP contribution in [-0.4, -0.2) is 0 Å². The fraction of sp³-hybridized carbons (Fsp3) is 0.200. The van der Waals surface area contributed by atoms with E-state index in [1.54, 1.807) is 0 Å². The summed E-state index contributed by atoms with van der Waals surface area (Å²) in [4.78, 5) is 0. The second-order valence-corrected chi connectivity index (χ2v) is 3.29. The number of halogens is 1. The van der Waals surface area contributed by atoms with E-state index in [9.17, 15) is 0 Å². The third kappa shape index (κ3) is 2.02. The van der Waals surface area contributed by atoms with Gasteiger partial charge >= 0.3 is 0 Å². The Morgan fingerprint density at radius 3 is 2.75 bits per heavy atom. The lowest BCUT2D eigenvalue weighted by atomic mass is 9.99. The fourth-order valence-electron chi connectivity index (χ4n) is 0.990. The number of rotatable bonds is 2. The molecule has 1 nitrogen and oxygen atoms in total. The second-order valence-electron chi connectivity index (χ2n) is 2.85. The van der Waals surface area contributed by atoms with Crippen LogP contribution in [-0.2, 0) is 0 Å². The van der Waals surface area contributed by atoms with Crippen LogP contribution in [0, 0.1) is 0 Å². The lowest BCUT2D eigenvalue weighted by molar-refractivity contribution is 0.883. The molecule has 0 amide bonds. The van der Waals surface area contributed by atoms with Gasteiger partial charge in [-0.25, -0.2) is 0 Å². The van der Waals surface area contributed by atoms with Gasteiger partial charge in [0.1, 0.15) is 0 Å². The van der Waals surface area contributed by atoms with Crippen LogP contribution in [0.2, 0.25) is 5.02 Å². The zero-order chi connectivity index (χ0) is 9.14. The first kappa shape index (κ1) is 9.14. The van der Waals surface area contributed by atoms with Gasteiger partial charge in [-0.15, -0.1) is 0 Å². The molecule has 0 aliphatic heterocycles. The molecule has 0 aliphatic rings. The number of hydrogen-bond donors (Lipinski definition) is 1. The molecule has 2 heteroatoms. The van der Waals surface area contributed by atoms with Crippen LogP contribution >= 0.6 is 11.6 Å². The minimum Gasteiger partial charge on any atom is -0.402 e. The van der Waals surface area contributed by atoms with E-state index in [0.717, 1.165) is 10.6 Å². The van der Waals surface area contributed by atoms with Crippen LogP contribution < -0.4 is 5.73 Å². The minimum absolute atomic E-state index is 0.170. The molecule has 0 aliphatic carbocycles. The summed E-state index contributed by atoms with van der Waals surface area (Å²) >= 11 is 5.82. The molecule has 12 heavy (non-hydrogen) atoms. The molecule has 1 aromatic rings. The predicted molar refractivity (Wildman–Crippen MR) is 53.2 cm³/mol. The van der Waals surface area contributed by atoms with Gasteiger partial charge < -0.3 is 5.73 Å². The summed E-state index contributed by atoms with van der Waals surface area (Å²) in [6, 6.07) is 7.66. The average molecular weight is 182 g/mol. The Labute approximate surface area is 77.8 Å². The highest BCUT2D eigenvalue weighted by atomic mass is 35.5. The molecule has 0 saturated carbocycles. The first-order valence-corrected chi connectivity index (χ1v) is 4.19. The first-order chi connectivity index (χ1) is 5.61. The van der Waals surface area contributed by atoms with Gasteiger partial charge in [-0.3, -0.25) is 0 Å². The standard InChI is InChI=1S/C10H12ClN/c1-7(8(2)12)9-4-3-5-10(11)6-9/h3-7H,2,12H2,1H3. The van der Waals surface area contributed by atoms with Crippen LogP contribution in [0.5, 0.6) is 0 Å². The summed E-state index contributed by atoms with van der Waals surface area (Å²) in [5.74, 6) is 0.170. The van der Waals surface area contributed by atoms with E-state index < -0.39 is 0 Å². The summed E-state index contributed by atoms with van der Waals surface area (Å²) in [7, 11) is 0. The summed E-state index contributed by atoms with van der Waals surface area (Å²) in [5.41, 5.74) is 7.35. The number of benzene rings is 1. The topological polar surface area (TPSA) is 26.0 Å². The van der Waals surface area contributed by atoms with Crippen molar-refractivity contribution in [2.24, 2.45) is 5.73 Å². The van der Waals surface area contributed by atoms with E-state index in [0.29, 0.717) is 5.70 Å². The molecule has 1 rings (SSSR count). The first-order valence-electron chi connectivity index (χ1n) is 3.81. The van der Waals surface area contributed by atoms with Crippen molar-refractivity contribution in [3.63, 3.8) is 0 Å². The minimum atomic E-state index is 0.170. The monoisotopic (exact) mass is 181 g/mol. The van der Waals surface area contributed by atoms with Crippen molar-refractivity contribution in [2.45, 2.75) is 12.8 Å². The molecule has 2 N–H and O–H groups in total. The summed E-state index contributed by atoms with van der Waals surface area (Å²) in [5, 5.41) is 0.737. The molecule has 0 saturated heterocycles. The van der Waals surface area contributed by atoms with Gasteiger partial charge in [-0.2, -0.15) is 0 Å². The number of allylic oxidation sites excluding steroid dienone is 1. The maximum Gasteiger partial charge on any atom is 0.0408 e. The smallest absolute Gasteiger partial charge is 0.0408 e. The van der Waals surface area contributed by atoms with Crippen LogP contribution in [0.3, 0.4) is 0 Å². The maximum absolute atomic E-state index is 5.82. The Bertz CT molecular complexity index is 294. The van der Waals surface area contributed by atoms with Crippen LogP contribution in [0.1, 0.15) is 18.4 Å². The van der Waals surface area contributed by atoms with Gasteiger partial charge in [-0.05, 0) is 17.7 Å². The lowest BCUT2D eigenvalue weighted by Crippen LogP contribution is -2.04. The van der Waals surface area contributed by atoms with Crippen molar-refractivity contribution in [1.82, 2.24) is 0 Å². The molecule has 1 atom stereocenters. The predicted octanol–water partition coefficient (Wildman–Crippen LogP) is 2.92. The molecule has 64 valence electrons. The van der Waals surface area contributed by atoms with Crippen LogP contribution in [0.25, 0.3) is 0 Å². The van der Waals surface area contributed by atoms with E-state index in [-0.39, 0.29) is 5.92 Å². The number of nitrogens with two attached hydrogens (primary N) is 1. The van der Waals surface area contributed by atoms with Crippen molar-refractivity contribution in [3.8, 4) is 0 Å². The van der Waals surface area contributed by atoms with Crippen LogP contribution in [0.15, 0.2) is 36.5 Å². The van der Waals surface area contributed by atoms with E-state index in [1.165, 1.54) is 0 Å². The highest BCUT2D eigenvalue weighted by molar-refractivity contribution is 6.30. The van der Waals surface area contributed by atoms with Crippen molar-refractivity contribution in [1.29, 1.82) is 0 Å². The van der Waals surface area contributed by atoms with Crippen LogP contribution in [0.4, 0.5) is 0 Å². The van der Waals surface area contributed by atoms with Gasteiger partial charge in [0.25, 0.3) is 0 Å². The molecule has 0 aromatic heterocycles. The largest absolute Gasteiger partial charge is 0.402 e. The summed E-state index contributed by atoms with van der Waals surface area (Å²) < 4.78 is 0. The highest BCUT2D eigenvalue weighted by Gasteiger charge is 2.05. The molecule has 1 aromatic carbocycles. The van der Waals surface area contributed by atoms with Crippen molar-refractivity contribution < 1.29 is 0 Å². The van der Waals surface area contributed by atoms with E-state index in [4.69, 9.17) is 17.3 Å². The Morgan fingerprint density at radius 1 is 1.58 bits per heavy atom. The van der Waals surface area contributed by atoms with Crippen molar-refractivity contribution in [2.75, 3.05) is 0 Å². The van der Waals surface area contributed by atoms with E-state index in [1.807, 2.05) is 31.2 Å². The quantitative estimate of drug-likeness (QED) is 0.746. The molecular formula is C10H12ClN. The highest BCUT2D eigenvalue weighted by Crippen LogP contribution is 2.21. The molecular weight excluding hydrogens is 170 g/mol. The third-order valence-electron chi connectivity index (χ3n) is 1.90. The summed E-state index contributed by atoms with van der Waals surface area (Å²) in [6.45, 7) is 5.70. The summed E-state index contributed by atoms with van der Waals surface area (Å²) in [6.07, 6.45) is 0. The molecule has 0 bridgehead atoms. The zero-order valence-corrected chi connectivity index (χ0v) is 7.81. The van der Waals surface area contributed by atoms with Crippen molar-refractivity contribution >= 4 is 11.6 Å². The average Bonchev–Trinajstić information content (AvgIpc) is 2.03. The fourth-order valence-corrected chi connectivity index (χ4v) is 1.19. The maximum atomic E-state index is 5.82. The molecule has 0 spiro atoms. The normalized spacial score (nSPS) is 12.5. The van der Waals surface area contributed by atoms with E-state index in [2.05, 4.69) is 6.58 Å². The SMILES string of the molecule is C=C(N)C(C)c1cccc(Cl)c1. The van der Waals surface area contributed by atoms with Gasteiger partial charge in [0.2, 0.25) is 0 Å². The molecule has 1 unspecified atom stereocenters. The van der Waals surface area contributed by atoms with Gasteiger partial charge in [-0.1, -0.05) is 37.2 Å². The molecule has 0 fully saturated rings. The Morgan fingerprint density at radius 2 is 2.25 bits per heavy atom. The van der Waals surface area contributed by atoms with E-state index >= 15 is 0 Å². The molecule has 0 heterocycles. The zero-order valence-electron chi connectivity index (χ0n) is 7.05. The van der Waals surface area contributed by atoms with Gasteiger partial charge in [0, 0.05) is 16.6 Å². The third-order valence-corrected chi connectivity index (χ3v) is 2.14. The molecule has 0 radical (unpaired) electrons. The lowest BCUT2D eigenvalue weighted by Gasteiger charge is -2.10. The van der Waals surface area contributed by atoms with Gasteiger partial charge in [0.15, 0.2) is 0 Å². The second kappa shape index (κ2) is 3.63. The Hall–Kier alpha value is -0.950. The Kier molecular flexibility index (Phi) is 2.77.